The van der Waals surface area contributed by atoms with Gasteiger partial charge in [0.25, 0.3) is 0 Å². The van der Waals surface area contributed by atoms with E-state index >= 15 is 0 Å². The van der Waals surface area contributed by atoms with Crippen LogP contribution in [0.25, 0.3) is 0 Å². The van der Waals surface area contributed by atoms with Gasteiger partial charge in [-0.3, -0.25) is 14.1 Å². The van der Waals surface area contributed by atoms with Crippen molar-refractivity contribution in [2.45, 2.75) is 116 Å². The van der Waals surface area contributed by atoms with Gasteiger partial charge < -0.3 is 19.3 Å². The van der Waals surface area contributed by atoms with Crippen LogP contribution in [0, 0.1) is 0 Å². The van der Waals surface area contributed by atoms with E-state index in [4.69, 9.17) is 19.3 Å². The summed E-state index contributed by atoms with van der Waals surface area (Å²) in [6, 6.07) is 0. The van der Waals surface area contributed by atoms with Gasteiger partial charge in [0.2, 0.25) is 0 Å². The van der Waals surface area contributed by atoms with Gasteiger partial charge in [-0.15, -0.1) is 0 Å². The summed E-state index contributed by atoms with van der Waals surface area (Å²) in [4.78, 5) is 42.6. The summed E-state index contributed by atoms with van der Waals surface area (Å²) in [6.07, 6.45) is 52.2. The Morgan fingerprint density at radius 3 is 1.57 bits per heavy atom. The molecular weight excluding hydrogens is 663 g/mol. The Morgan fingerprint density at radius 1 is 0.529 bits per heavy atom. The van der Waals surface area contributed by atoms with Crippen molar-refractivity contribution >= 4 is 19.8 Å². The highest BCUT2D eigenvalue weighted by Crippen LogP contribution is 2.35. The summed E-state index contributed by atoms with van der Waals surface area (Å²) in [7, 11) is -4.78. The van der Waals surface area contributed by atoms with Crippen LogP contribution >= 0.6 is 7.82 Å². The third-order valence-electron chi connectivity index (χ3n) is 6.85. The minimum absolute atomic E-state index is 0.101. The molecule has 1 unspecified atom stereocenters. The van der Waals surface area contributed by atoms with Gasteiger partial charge in [0.1, 0.15) is 6.61 Å². The molecule has 0 amide bonds. The Bertz CT molecular complexity index is 1230. The first-order chi connectivity index (χ1) is 24.8. The van der Waals surface area contributed by atoms with Crippen molar-refractivity contribution in [2.75, 3.05) is 13.2 Å². The average Bonchev–Trinajstić information content (AvgIpc) is 3.10. The standard InChI is InChI=1S/C42H63O8P/c1-3-5-7-9-11-13-15-17-18-19-20-21-22-23-25-26-28-30-32-34-36-41(43)48-38-40(39-49-51(45,46)47)50-42(44)37-35-33-31-29-27-24-16-14-12-10-8-6-4-2/h5-8,10-14,16-18,20-21,23-25,27,29,31,40H,3-4,9,15,19,22,26,28,30,32-39H2,1-2H3,(H2,45,46,47)/b7-5+,8-6+,12-10+,13-11+,16-14+,18-17+,21-20+,25-23+,27-24+,31-29+. The molecule has 0 aromatic carbocycles. The molecule has 0 saturated heterocycles. The van der Waals surface area contributed by atoms with Crippen LogP contribution in [0.15, 0.2) is 122 Å². The summed E-state index contributed by atoms with van der Waals surface area (Å²) in [6.45, 7) is 3.30. The summed E-state index contributed by atoms with van der Waals surface area (Å²) < 4.78 is 26.2. The molecule has 2 N–H and O–H groups in total. The highest BCUT2D eigenvalue weighted by molar-refractivity contribution is 7.46. The van der Waals surface area contributed by atoms with Crippen molar-refractivity contribution in [3.63, 3.8) is 0 Å². The van der Waals surface area contributed by atoms with E-state index in [-0.39, 0.29) is 19.4 Å². The zero-order valence-corrected chi connectivity index (χ0v) is 31.8. The molecule has 0 spiro atoms. The van der Waals surface area contributed by atoms with E-state index in [0.29, 0.717) is 19.3 Å². The molecule has 1 atom stereocenters. The van der Waals surface area contributed by atoms with Crippen LogP contribution in [0.2, 0.25) is 0 Å². The molecule has 0 aromatic rings. The number of esters is 2. The van der Waals surface area contributed by atoms with E-state index in [0.717, 1.165) is 64.2 Å². The maximum Gasteiger partial charge on any atom is 0.469 e. The van der Waals surface area contributed by atoms with Gasteiger partial charge in [0, 0.05) is 12.8 Å². The second-order valence-corrected chi connectivity index (χ2v) is 12.8. The van der Waals surface area contributed by atoms with Crippen LogP contribution in [0.1, 0.15) is 110 Å². The first-order valence-corrected chi connectivity index (χ1v) is 19.9. The normalized spacial score (nSPS) is 13.9. The summed E-state index contributed by atoms with van der Waals surface area (Å²) >= 11 is 0. The van der Waals surface area contributed by atoms with Crippen LogP contribution in [-0.2, 0) is 28.2 Å². The van der Waals surface area contributed by atoms with Crippen LogP contribution in [0.5, 0.6) is 0 Å². The summed E-state index contributed by atoms with van der Waals surface area (Å²) in [5, 5.41) is 0. The van der Waals surface area contributed by atoms with Gasteiger partial charge in [-0.1, -0.05) is 148 Å². The Balaban J connectivity index is 4.15. The molecule has 51 heavy (non-hydrogen) atoms. The lowest BCUT2D eigenvalue weighted by Crippen LogP contribution is -2.29. The largest absolute Gasteiger partial charge is 0.469 e. The third-order valence-corrected chi connectivity index (χ3v) is 7.34. The average molecular weight is 727 g/mol. The SMILES string of the molecule is CC/C=C/C=C/C=C/C=C/C=C/CCCC(=O)OC(COC(=O)CCCCCC/C=C/C/C=C/C/C=C/C/C=C/C/C=C/CC)COP(=O)(O)O. The Labute approximate surface area is 308 Å². The molecule has 0 heterocycles. The molecule has 0 aliphatic carbocycles. The zero-order valence-electron chi connectivity index (χ0n) is 30.9. The molecule has 0 aromatic heterocycles. The zero-order chi connectivity index (χ0) is 37.5. The predicted octanol–water partition coefficient (Wildman–Crippen LogP) is 11.0. The smallest absolute Gasteiger partial charge is 0.462 e. The maximum absolute atomic E-state index is 12.3. The number of hydrogen-bond acceptors (Lipinski definition) is 6. The fraction of sp³-hybridized carbons (Fsp3) is 0.476. The molecule has 8 nitrogen and oxygen atoms in total. The molecule has 0 rings (SSSR count). The number of carbonyl (C=O) groups is 2. The minimum atomic E-state index is -4.78. The molecule has 9 heteroatoms. The van der Waals surface area contributed by atoms with Gasteiger partial charge in [-0.2, -0.15) is 0 Å². The van der Waals surface area contributed by atoms with Gasteiger partial charge in [-0.25, -0.2) is 4.57 Å². The molecule has 0 bridgehead atoms. The first kappa shape index (κ1) is 47.4. The monoisotopic (exact) mass is 726 g/mol. The molecular formula is C42H63O8P. The van der Waals surface area contributed by atoms with Crippen LogP contribution in [0.3, 0.4) is 0 Å². The molecule has 0 radical (unpaired) electrons. The van der Waals surface area contributed by atoms with Crippen LogP contribution in [0.4, 0.5) is 0 Å². The van der Waals surface area contributed by atoms with E-state index in [1.165, 1.54) is 0 Å². The van der Waals surface area contributed by atoms with E-state index in [1.54, 1.807) is 0 Å². The van der Waals surface area contributed by atoms with Gasteiger partial charge in [-0.05, 0) is 70.6 Å². The number of carbonyl (C=O) groups excluding carboxylic acids is 2. The number of hydrogen-bond donors (Lipinski definition) is 2. The van der Waals surface area contributed by atoms with Crippen LogP contribution in [-0.4, -0.2) is 41.0 Å². The highest BCUT2D eigenvalue weighted by atomic mass is 31.2. The van der Waals surface area contributed by atoms with Crippen molar-refractivity contribution in [3.05, 3.63) is 122 Å². The number of ether oxygens (including phenoxy) is 2. The van der Waals surface area contributed by atoms with Crippen molar-refractivity contribution in [2.24, 2.45) is 0 Å². The summed E-state index contributed by atoms with van der Waals surface area (Å²) in [5.41, 5.74) is 0. The lowest BCUT2D eigenvalue weighted by molar-refractivity contribution is -0.161. The Kier molecular flexibility index (Phi) is 33.7. The lowest BCUT2D eigenvalue weighted by Gasteiger charge is -2.18. The Morgan fingerprint density at radius 2 is 1.00 bits per heavy atom. The van der Waals surface area contributed by atoms with E-state index in [1.807, 2.05) is 54.7 Å². The first-order valence-electron chi connectivity index (χ1n) is 18.4. The number of unbranched alkanes of at least 4 members (excludes halogenated alkanes) is 5. The minimum Gasteiger partial charge on any atom is -0.462 e. The second kappa shape index (κ2) is 36.2. The highest BCUT2D eigenvalue weighted by Gasteiger charge is 2.22. The van der Waals surface area contributed by atoms with Crippen molar-refractivity contribution in [1.29, 1.82) is 0 Å². The fourth-order valence-corrected chi connectivity index (χ4v) is 4.55. The van der Waals surface area contributed by atoms with Gasteiger partial charge in [0.15, 0.2) is 6.10 Å². The van der Waals surface area contributed by atoms with Crippen molar-refractivity contribution in [3.8, 4) is 0 Å². The van der Waals surface area contributed by atoms with Gasteiger partial charge in [0.05, 0.1) is 6.61 Å². The number of rotatable bonds is 31. The van der Waals surface area contributed by atoms with Crippen molar-refractivity contribution in [1.82, 2.24) is 0 Å². The molecule has 0 fully saturated rings. The van der Waals surface area contributed by atoms with Gasteiger partial charge >= 0.3 is 19.8 Å². The fourth-order valence-electron chi connectivity index (χ4n) is 4.19. The number of phosphoric ester groups is 1. The number of allylic oxidation sites excluding steroid dienone is 20. The van der Waals surface area contributed by atoms with Crippen molar-refractivity contribution < 1.29 is 37.9 Å². The van der Waals surface area contributed by atoms with Crippen LogP contribution < -0.4 is 0 Å². The molecule has 0 aliphatic heterocycles. The second-order valence-electron chi connectivity index (χ2n) is 11.6. The van der Waals surface area contributed by atoms with E-state index in [2.05, 4.69) is 85.2 Å². The maximum atomic E-state index is 12.3. The Hall–Kier alpha value is -3.55. The quantitative estimate of drug-likeness (QED) is 0.0238. The predicted molar refractivity (Wildman–Crippen MR) is 211 cm³/mol. The topological polar surface area (TPSA) is 119 Å². The molecule has 284 valence electrons. The van der Waals surface area contributed by atoms with E-state index < -0.39 is 32.5 Å². The molecule has 0 saturated carbocycles. The third kappa shape index (κ3) is 39.1. The lowest BCUT2D eigenvalue weighted by atomic mass is 10.1. The number of phosphoric acid groups is 1. The summed E-state index contributed by atoms with van der Waals surface area (Å²) in [5.74, 6) is -1.02. The molecule has 0 aliphatic rings. The van der Waals surface area contributed by atoms with E-state index in [9.17, 15) is 14.2 Å².